The third-order valence-electron chi connectivity index (χ3n) is 3.47. The van der Waals surface area contributed by atoms with Crippen molar-refractivity contribution < 1.29 is 4.79 Å². The van der Waals surface area contributed by atoms with Crippen LogP contribution in [0.15, 0.2) is 54.2 Å². The molecule has 112 valence electrons. The number of rotatable bonds is 5. The molecule has 1 amide bonds. The number of fused-ring (bicyclic) bond motifs is 1. The predicted octanol–water partition coefficient (Wildman–Crippen LogP) is 3.46. The van der Waals surface area contributed by atoms with Gasteiger partial charge in [0.15, 0.2) is 0 Å². The summed E-state index contributed by atoms with van der Waals surface area (Å²) in [6.07, 6.45) is 7.30. The van der Waals surface area contributed by atoms with Crippen molar-refractivity contribution in [2.45, 2.75) is 13.5 Å². The molecular formula is C17H17N3OS. The van der Waals surface area contributed by atoms with E-state index in [1.165, 1.54) is 0 Å². The van der Waals surface area contributed by atoms with Gasteiger partial charge in [0.25, 0.3) is 0 Å². The van der Waals surface area contributed by atoms with E-state index < -0.39 is 0 Å². The van der Waals surface area contributed by atoms with Gasteiger partial charge in [-0.25, -0.2) is 4.98 Å². The summed E-state index contributed by atoms with van der Waals surface area (Å²) >= 11 is 1.62. The van der Waals surface area contributed by atoms with Gasteiger partial charge in [0, 0.05) is 23.7 Å². The summed E-state index contributed by atoms with van der Waals surface area (Å²) in [6.45, 7) is 3.20. The predicted molar refractivity (Wildman–Crippen MR) is 89.6 cm³/mol. The molecule has 0 saturated heterocycles. The Bertz CT molecular complexity index is 789. The van der Waals surface area contributed by atoms with E-state index >= 15 is 0 Å². The molecule has 0 aliphatic rings. The first-order valence-electron chi connectivity index (χ1n) is 7.19. The quantitative estimate of drug-likeness (QED) is 0.677. The summed E-state index contributed by atoms with van der Waals surface area (Å²) in [4.78, 5) is 19.6. The van der Waals surface area contributed by atoms with Crippen LogP contribution in [-0.4, -0.2) is 26.7 Å². The third-order valence-corrected chi connectivity index (χ3v) is 4.31. The molecule has 0 saturated carbocycles. The summed E-state index contributed by atoms with van der Waals surface area (Å²) in [6, 6.07) is 9.85. The summed E-state index contributed by atoms with van der Waals surface area (Å²) in [5, 5.41) is 2.00. The van der Waals surface area contributed by atoms with Gasteiger partial charge in [-0.1, -0.05) is 12.1 Å². The highest BCUT2D eigenvalue weighted by Gasteiger charge is 2.12. The zero-order valence-electron chi connectivity index (χ0n) is 12.3. The summed E-state index contributed by atoms with van der Waals surface area (Å²) < 4.78 is 2.01. The Hall–Kier alpha value is -2.40. The number of aromatic nitrogens is 2. The molecule has 22 heavy (non-hydrogen) atoms. The van der Waals surface area contributed by atoms with E-state index in [1.54, 1.807) is 22.3 Å². The number of imidazole rings is 1. The van der Waals surface area contributed by atoms with Gasteiger partial charge in [0.05, 0.1) is 18.4 Å². The number of hydrogen-bond acceptors (Lipinski definition) is 3. The van der Waals surface area contributed by atoms with E-state index in [0.717, 1.165) is 16.2 Å². The summed E-state index contributed by atoms with van der Waals surface area (Å²) in [7, 11) is 0. The fourth-order valence-corrected chi connectivity index (χ4v) is 2.91. The molecule has 0 atom stereocenters. The fraction of sp³-hybridized carbons (Fsp3) is 0.176. The molecule has 0 N–H and O–H groups in total. The van der Waals surface area contributed by atoms with Crippen LogP contribution < -0.4 is 0 Å². The fourth-order valence-electron chi connectivity index (χ4n) is 2.29. The molecular weight excluding hydrogens is 294 g/mol. The molecule has 0 fully saturated rings. The minimum atomic E-state index is 0.0155. The number of amides is 1. The van der Waals surface area contributed by atoms with Gasteiger partial charge < -0.3 is 9.30 Å². The van der Waals surface area contributed by atoms with Crippen molar-refractivity contribution in [3.8, 4) is 0 Å². The number of pyridine rings is 1. The highest BCUT2D eigenvalue weighted by atomic mass is 32.1. The van der Waals surface area contributed by atoms with Crippen molar-refractivity contribution in [3.63, 3.8) is 0 Å². The van der Waals surface area contributed by atoms with E-state index in [0.29, 0.717) is 13.1 Å². The second-order valence-electron chi connectivity index (χ2n) is 4.88. The van der Waals surface area contributed by atoms with Gasteiger partial charge in [0.2, 0.25) is 5.91 Å². The molecule has 5 heteroatoms. The van der Waals surface area contributed by atoms with E-state index in [-0.39, 0.29) is 5.91 Å². The maximum absolute atomic E-state index is 12.3. The molecule has 0 bridgehead atoms. The molecule has 0 radical (unpaired) electrons. The molecule has 3 aromatic rings. The molecule has 0 aliphatic carbocycles. The van der Waals surface area contributed by atoms with Crippen LogP contribution in [0.4, 0.5) is 0 Å². The largest absolute Gasteiger partial charge is 0.334 e. The van der Waals surface area contributed by atoms with Gasteiger partial charge in [-0.3, -0.25) is 4.79 Å². The van der Waals surface area contributed by atoms with Crippen LogP contribution in [0.25, 0.3) is 11.7 Å². The molecule has 0 unspecified atom stereocenters. The van der Waals surface area contributed by atoms with E-state index in [2.05, 4.69) is 4.98 Å². The van der Waals surface area contributed by atoms with E-state index in [9.17, 15) is 4.79 Å². The van der Waals surface area contributed by atoms with Crippen molar-refractivity contribution in [2.24, 2.45) is 0 Å². The van der Waals surface area contributed by atoms with Gasteiger partial charge in [-0.2, -0.15) is 0 Å². The Balaban J connectivity index is 1.75. The van der Waals surface area contributed by atoms with Crippen LogP contribution in [0.5, 0.6) is 0 Å². The second-order valence-corrected chi connectivity index (χ2v) is 5.86. The van der Waals surface area contributed by atoms with Crippen molar-refractivity contribution in [3.05, 3.63) is 64.8 Å². The average Bonchev–Trinajstić information content (AvgIpc) is 3.20. The molecule has 3 aromatic heterocycles. The Morgan fingerprint density at radius 2 is 2.27 bits per heavy atom. The first-order chi connectivity index (χ1) is 10.8. The maximum atomic E-state index is 12.3. The van der Waals surface area contributed by atoms with Crippen LogP contribution >= 0.6 is 11.3 Å². The van der Waals surface area contributed by atoms with Crippen LogP contribution in [0, 0.1) is 0 Å². The monoisotopic (exact) mass is 311 g/mol. The number of thiophene rings is 1. The average molecular weight is 311 g/mol. The normalized spacial score (nSPS) is 11.3. The van der Waals surface area contributed by atoms with Crippen molar-refractivity contribution in [1.29, 1.82) is 0 Å². The minimum absolute atomic E-state index is 0.0155. The lowest BCUT2D eigenvalue weighted by molar-refractivity contribution is -0.126. The highest BCUT2D eigenvalue weighted by molar-refractivity contribution is 7.10. The number of likely N-dealkylation sites (N-methyl/N-ethyl adjacent to an activating group) is 1. The number of carbonyl (C=O) groups is 1. The zero-order chi connectivity index (χ0) is 15.4. The lowest BCUT2D eigenvalue weighted by atomic mass is 10.3. The second kappa shape index (κ2) is 6.58. The van der Waals surface area contributed by atoms with Crippen LogP contribution in [0.3, 0.4) is 0 Å². The van der Waals surface area contributed by atoms with Crippen molar-refractivity contribution in [2.75, 3.05) is 6.54 Å². The molecule has 0 spiro atoms. The first kappa shape index (κ1) is 14.5. The molecule has 0 aromatic carbocycles. The number of carbonyl (C=O) groups excluding carboxylic acids is 1. The smallest absolute Gasteiger partial charge is 0.246 e. The Labute approximate surface area is 133 Å². The molecule has 3 rings (SSSR count). The zero-order valence-corrected chi connectivity index (χ0v) is 13.2. The lowest BCUT2D eigenvalue weighted by Gasteiger charge is -2.18. The minimum Gasteiger partial charge on any atom is -0.334 e. The van der Waals surface area contributed by atoms with Crippen molar-refractivity contribution >= 4 is 29.0 Å². The van der Waals surface area contributed by atoms with Gasteiger partial charge in [-0.05, 0) is 36.6 Å². The third kappa shape index (κ3) is 3.09. The Kier molecular flexibility index (Phi) is 4.34. The lowest BCUT2D eigenvalue weighted by Crippen LogP contribution is -2.29. The maximum Gasteiger partial charge on any atom is 0.246 e. The van der Waals surface area contributed by atoms with E-state index in [1.807, 2.05) is 65.5 Å². The van der Waals surface area contributed by atoms with Crippen LogP contribution in [0.1, 0.15) is 17.5 Å². The topological polar surface area (TPSA) is 37.6 Å². The van der Waals surface area contributed by atoms with Crippen molar-refractivity contribution in [1.82, 2.24) is 14.3 Å². The summed E-state index contributed by atoms with van der Waals surface area (Å²) in [5.41, 5.74) is 1.91. The Morgan fingerprint density at radius 1 is 1.36 bits per heavy atom. The van der Waals surface area contributed by atoms with Gasteiger partial charge in [-0.15, -0.1) is 11.3 Å². The van der Waals surface area contributed by atoms with Gasteiger partial charge in [0.1, 0.15) is 5.65 Å². The SMILES string of the molecule is CCN(Cc1cnc2ccccn12)C(=O)/C=C/c1cccs1. The van der Waals surface area contributed by atoms with E-state index in [4.69, 9.17) is 0 Å². The molecule has 4 nitrogen and oxygen atoms in total. The molecule has 0 aliphatic heterocycles. The van der Waals surface area contributed by atoms with Gasteiger partial charge >= 0.3 is 0 Å². The molecule has 3 heterocycles. The van der Waals surface area contributed by atoms with Crippen LogP contribution in [-0.2, 0) is 11.3 Å². The summed E-state index contributed by atoms with van der Waals surface area (Å²) in [5.74, 6) is 0.0155. The number of nitrogens with zero attached hydrogens (tertiary/aromatic N) is 3. The highest BCUT2D eigenvalue weighted by Crippen LogP contribution is 2.12. The Morgan fingerprint density at radius 3 is 3.05 bits per heavy atom. The number of hydrogen-bond donors (Lipinski definition) is 0. The standard InChI is InChI=1S/C17H17N3OS/c1-2-19(17(21)9-8-15-6-5-11-22-15)13-14-12-18-16-7-3-4-10-20(14)16/h3-12H,2,13H2,1H3/b9-8+. The first-order valence-corrected chi connectivity index (χ1v) is 8.07. The van der Waals surface area contributed by atoms with Crippen LogP contribution in [0.2, 0.25) is 0 Å².